The number of nitro benzene ring substituents is 1. The van der Waals surface area contributed by atoms with Crippen LogP contribution in [-0.2, 0) is 0 Å². The zero-order chi connectivity index (χ0) is 20.4. The van der Waals surface area contributed by atoms with E-state index < -0.39 is 4.92 Å². The first-order valence-corrected chi connectivity index (χ1v) is 9.02. The largest absolute Gasteiger partial charge is 0.269 e. The number of aromatic nitrogens is 5. The Morgan fingerprint density at radius 2 is 1.90 bits per heavy atom. The van der Waals surface area contributed by atoms with Gasteiger partial charge in [-0.2, -0.15) is 20.0 Å². The Labute approximate surface area is 170 Å². The van der Waals surface area contributed by atoms with Crippen LogP contribution in [0.15, 0.2) is 65.9 Å². The Kier molecular flexibility index (Phi) is 4.83. The third-order valence-electron chi connectivity index (χ3n) is 4.24. The minimum atomic E-state index is -0.432. The van der Waals surface area contributed by atoms with Crippen LogP contribution in [0.3, 0.4) is 0 Å². The van der Waals surface area contributed by atoms with E-state index in [1.54, 1.807) is 30.0 Å². The molecule has 0 radical (unpaired) electrons. The minimum Gasteiger partial charge on any atom is -0.258 e. The molecule has 4 rings (SSSR count). The first kappa shape index (κ1) is 18.4. The molecule has 0 bridgehead atoms. The molecule has 4 aromatic rings. The van der Waals surface area contributed by atoms with E-state index in [0.29, 0.717) is 16.3 Å². The Morgan fingerprint density at radius 3 is 2.52 bits per heavy atom. The molecule has 9 nitrogen and oxygen atoms in total. The lowest BCUT2D eigenvalue weighted by Gasteiger charge is -2.00. The Morgan fingerprint density at radius 1 is 1.17 bits per heavy atom. The summed E-state index contributed by atoms with van der Waals surface area (Å²) in [5.41, 5.74) is 3.00. The summed E-state index contributed by atoms with van der Waals surface area (Å²) >= 11 is 5.18. The molecule has 0 aliphatic heterocycles. The third-order valence-corrected chi connectivity index (χ3v) is 4.50. The maximum atomic E-state index is 10.9. The first-order valence-electron chi connectivity index (χ1n) is 8.61. The van der Waals surface area contributed by atoms with Gasteiger partial charge in [0.15, 0.2) is 0 Å². The van der Waals surface area contributed by atoms with Crippen molar-refractivity contribution in [2.75, 3.05) is 0 Å². The highest BCUT2D eigenvalue weighted by Crippen LogP contribution is 2.25. The van der Waals surface area contributed by atoms with Crippen molar-refractivity contribution < 1.29 is 4.92 Å². The normalized spacial score (nSPS) is 11.2. The highest BCUT2D eigenvalue weighted by atomic mass is 32.1. The highest BCUT2D eigenvalue weighted by molar-refractivity contribution is 7.71. The van der Waals surface area contributed by atoms with Crippen LogP contribution in [0.2, 0.25) is 0 Å². The summed E-state index contributed by atoms with van der Waals surface area (Å²) in [7, 11) is 0. The SMILES string of the molecule is Cc1n[nH]c(=S)n1/N=C\c1cn(-c2ccccc2)nc1-c1ccc([N+](=O)[O-])cc1. The van der Waals surface area contributed by atoms with Gasteiger partial charge in [0.2, 0.25) is 4.77 Å². The Balaban J connectivity index is 1.81. The fourth-order valence-electron chi connectivity index (χ4n) is 2.79. The number of nitro groups is 1. The zero-order valence-electron chi connectivity index (χ0n) is 15.3. The van der Waals surface area contributed by atoms with E-state index in [9.17, 15) is 10.1 Å². The van der Waals surface area contributed by atoms with Crippen LogP contribution in [-0.4, -0.2) is 35.8 Å². The maximum Gasteiger partial charge on any atom is 0.269 e. The molecule has 0 unspecified atom stereocenters. The monoisotopic (exact) mass is 405 g/mol. The zero-order valence-corrected chi connectivity index (χ0v) is 16.1. The number of benzene rings is 2. The predicted molar refractivity (Wildman–Crippen MR) is 111 cm³/mol. The number of non-ortho nitro benzene ring substituents is 1. The van der Waals surface area contributed by atoms with Crippen molar-refractivity contribution in [1.82, 2.24) is 24.7 Å². The molecule has 0 saturated heterocycles. The van der Waals surface area contributed by atoms with Crippen LogP contribution in [0, 0.1) is 21.8 Å². The summed E-state index contributed by atoms with van der Waals surface area (Å²) in [6.07, 6.45) is 3.48. The summed E-state index contributed by atoms with van der Waals surface area (Å²) in [5, 5.41) is 26.7. The molecular formula is C19H15N7O2S. The molecule has 0 amide bonds. The molecule has 29 heavy (non-hydrogen) atoms. The van der Waals surface area contributed by atoms with Crippen molar-refractivity contribution in [3.63, 3.8) is 0 Å². The fourth-order valence-corrected chi connectivity index (χ4v) is 3.01. The molecule has 0 aliphatic rings. The van der Waals surface area contributed by atoms with E-state index in [1.165, 1.54) is 16.8 Å². The number of para-hydroxylation sites is 1. The number of aromatic amines is 1. The van der Waals surface area contributed by atoms with Crippen molar-refractivity contribution in [3.05, 3.63) is 87.1 Å². The second-order valence-electron chi connectivity index (χ2n) is 6.15. The molecule has 2 heterocycles. The molecule has 0 saturated carbocycles. The van der Waals surface area contributed by atoms with Gasteiger partial charge in [0.1, 0.15) is 11.5 Å². The molecule has 1 N–H and O–H groups in total. The molecular weight excluding hydrogens is 390 g/mol. The molecule has 2 aromatic carbocycles. The van der Waals surface area contributed by atoms with E-state index in [-0.39, 0.29) is 5.69 Å². The van der Waals surface area contributed by atoms with Crippen molar-refractivity contribution in [3.8, 4) is 16.9 Å². The fraction of sp³-hybridized carbons (Fsp3) is 0.0526. The molecule has 0 spiro atoms. The number of aryl methyl sites for hydroxylation is 1. The Hall–Kier alpha value is -3.92. The van der Waals surface area contributed by atoms with Crippen LogP contribution in [0.5, 0.6) is 0 Å². The molecule has 0 fully saturated rings. The predicted octanol–water partition coefficient (Wildman–Crippen LogP) is 3.89. The maximum absolute atomic E-state index is 10.9. The lowest BCUT2D eigenvalue weighted by atomic mass is 10.1. The van der Waals surface area contributed by atoms with Gasteiger partial charge in [-0.15, -0.1) is 0 Å². The van der Waals surface area contributed by atoms with Crippen molar-refractivity contribution >= 4 is 24.1 Å². The van der Waals surface area contributed by atoms with E-state index >= 15 is 0 Å². The average Bonchev–Trinajstić information content (AvgIpc) is 3.30. The lowest BCUT2D eigenvalue weighted by Crippen LogP contribution is -1.94. The van der Waals surface area contributed by atoms with Crippen LogP contribution in [0.1, 0.15) is 11.4 Å². The summed E-state index contributed by atoms with van der Waals surface area (Å²) in [4.78, 5) is 10.5. The van der Waals surface area contributed by atoms with Crippen LogP contribution in [0.4, 0.5) is 5.69 Å². The van der Waals surface area contributed by atoms with E-state index in [4.69, 9.17) is 12.2 Å². The average molecular weight is 405 g/mol. The first-order chi connectivity index (χ1) is 14.0. The van der Waals surface area contributed by atoms with Crippen molar-refractivity contribution in [1.29, 1.82) is 0 Å². The standard InChI is InChI=1S/C19H15N7O2S/c1-13-21-22-19(29)25(13)20-11-15-12-24(16-5-3-2-4-6-16)23-18(15)14-7-9-17(10-8-14)26(27)28/h2-12H,1H3,(H,22,29)/b20-11-. The van der Waals surface area contributed by atoms with Crippen LogP contribution < -0.4 is 0 Å². The van der Waals surface area contributed by atoms with Gasteiger partial charge in [0.05, 0.1) is 16.8 Å². The quantitative estimate of drug-likeness (QED) is 0.235. The van der Waals surface area contributed by atoms with Gasteiger partial charge in [-0.05, 0) is 43.4 Å². The third kappa shape index (κ3) is 3.73. The number of nitrogens with zero attached hydrogens (tertiary/aromatic N) is 6. The number of hydrogen-bond donors (Lipinski definition) is 1. The topological polar surface area (TPSA) is 107 Å². The summed E-state index contributed by atoms with van der Waals surface area (Å²) in [6.45, 7) is 1.79. The molecule has 2 aromatic heterocycles. The second-order valence-corrected chi connectivity index (χ2v) is 6.54. The van der Waals surface area contributed by atoms with Gasteiger partial charge in [-0.25, -0.2) is 4.68 Å². The molecule has 0 atom stereocenters. The number of rotatable bonds is 5. The van der Waals surface area contributed by atoms with Crippen molar-refractivity contribution in [2.24, 2.45) is 5.10 Å². The van der Waals surface area contributed by atoms with Gasteiger partial charge in [0.25, 0.3) is 5.69 Å². The molecule has 0 aliphatic carbocycles. The van der Waals surface area contributed by atoms with Crippen LogP contribution in [0.25, 0.3) is 16.9 Å². The lowest BCUT2D eigenvalue weighted by molar-refractivity contribution is -0.384. The van der Waals surface area contributed by atoms with Gasteiger partial charge in [-0.1, -0.05) is 18.2 Å². The van der Waals surface area contributed by atoms with Crippen molar-refractivity contribution in [2.45, 2.75) is 6.92 Å². The highest BCUT2D eigenvalue weighted by Gasteiger charge is 2.13. The number of hydrogen-bond acceptors (Lipinski definition) is 6. The summed E-state index contributed by atoms with van der Waals surface area (Å²) < 4.78 is 3.63. The minimum absolute atomic E-state index is 0.0202. The number of H-pyrrole nitrogens is 1. The van der Waals surface area contributed by atoms with Gasteiger partial charge >= 0.3 is 0 Å². The van der Waals surface area contributed by atoms with Gasteiger partial charge in [0, 0.05) is 29.5 Å². The number of nitrogens with one attached hydrogen (secondary N) is 1. The molecule has 10 heteroatoms. The smallest absolute Gasteiger partial charge is 0.258 e. The summed E-state index contributed by atoms with van der Waals surface area (Å²) in [6, 6.07) is 15.9. The molecule has 144 valence electrons. The van der Waals surface area contributed by atoms with E-state index in [1.807, 2.05) is 36.5 Å². The van der Waals surface area contributed by atoms with Gasteiger partial charge < -0.3 is 0 Å². The van der Waals surface area contributed by atoms with E-state index in [2.05, 4.69) is 20.4 Å². The summed E-state index contributed by atoms with van der Waals surface area (Å²) in [5.74, 6) is 0.624. The van der Waals surface area contributed by atoms with Crippen LogP contribution >= 0.6 is 12.2 Å². The van der Waals surface area contributed by atoms with Gasteiger partial charge in [-0.3, -0.25) is 15.2 Å². The Bertz CT molecular complexity index is 1250. The second kappa shape index (κ2) is 7.60. The van der Waals surface area contributed by atoms with E-state index in [0.717, 1.165) is 16.8 Å².